The molecule has 2 aliphatic heterocycles. The van der Waals surface area contributed by atoms with Crippen molar-refractivity contribution in [2.75, 3.05) is 58.8 Å². The number of amides is 2. The van der Waals surface area contributed by atoms with Gasteiger partial charge in [-0.2, -0.15) is 0 Å². The zero-order valence-corrected chi connectivity index (χ0v) is 32.4. The van der Waals surface area contributed by atoms with Crippen molar-refractivity contribution < 1.29 is 23.6 Å². The first kappa shape index (κ1) is 37.7. The smallest absolute Gasteiger partial charge is 0.262 e. The van der Waals surface area contributed by atoms with E-state index >= 15 is 0 Å². The van der Waals surface area contributed by atoms with Gasteiger partial charge in [-0.25, -0.2) is 4.21 Å². The van der Waals surface area contributed by atoms with Crippen molar-refractivity contribution in [3.63, 3.8) is 0 Å². The Hall–Kier alpha value is -3.05. The van der Waals surface area contributed by atoms with E-state index in [1.807, 2.05) is 63.2 Å². The standard InChI is InChI=1S/C40H55ClN4O5S/c1-27-9-7-18-40(48,23-37(46)44(5)20-19-43(3)4)34-14-11-31(34)24-45-25-39(17-8-10-29-21-32(41)13-15-33(29)39)26-50-36-16-12-30(22-35(36)45)38(47)42-51(6,49)28(27)2/h7,12-13,15-16,18,21-22,27-28,31,34,48H,6,8-11,14,17,19-20,23-26H2,1-5H3,(H,42,47,49)/b18-7+/t27-,28+,31-,34+,39-,40-,51?/m0/s1. The average molecular weight is 739 g/mol. The number of fused-ring (bicyclic) bond motifs is 4. The molecule has 1 unspecified atom stereocenters. The number of benzene rings is 2. The molecule has 2 heterocycles. The Balaban J connectivity index is 1.41. The number of aryl methyl sites for hydroxylation is 1. The number of halogens is 1. The molecule has 2 aromatic carbocycles. The van der Waals surface area contributed by atoms with Crippen LogP contribution >= 0.6 is 11.6 Å². The van der Waals surface area contributed by atoms with Crippen molar-refractivity contribution in [1.29, 1.82) is 0 Å². The Morgan fingerprint density at radius 1 is 1.16 bits per heavy atom. The Labute approximate surface area is 309 Å². The van der Waals surface area contributed by atoms with E-state index < -0.39 is 26.5 Å². The van der Waals surface area contributed by atoms with Crippen LogP contribution in [0.4, 0.5) is 5.69 Å². The molecule has 51 heavy (non-hydrogen) atoms. The number of nitrogens with one attached hydrogen (secondary N) is 1. The van der Waals surface area contributed by atoms with E-state index in [4.69, 9.17) is 16.3 Å². The minimum absolute atomic E-state index is 0.0113. The second-order valence-electron chi connectivity index (χ2n) is 16.0. The Kier molecular flexibility index (Phi) is 10.9. The van der Waals surface area contributed by atoms with Crippen molar-refractivity contribution in [3.8, 4) is 5.75 Å². The van der Waals surface area contributed by atoms with Crippen molar-refractivity contribution >= 4 is 44.7 Å². The first-order chi connectivity index (χ1) is 24.1. The summed E-state index contributed by atoms with van der Waals surface area (Å²) in [6.07, 6.45) is 8.88. The molecule has 9 nitrogen and oxygen atoms in total. The summed E-state index contributed by atoms with van der Waals surface area (Å²) >= 11 is 6.47. The number of anilines is 1. The minimum Gasteiger partial charge on any atom is -0.490 e. The van der Waals surface area contributed by atoms with Gasteiger partial charge in [0.1, 0.15) is 5.75 Å². The first-order valence-corrected chi connectivity index (χ1v) is 20.6. The van der Waals surface area contributed by atoms with Crippen LogP contribution in [0.3, 0.4) is 0 Å². The van der Waals surface area contributed by atoms with Crippen molar-refractivity contribution in [2.45, 2.75) is 75.1 Å². The second-order valence-corrected chi connectivity index (χ2v) is 18.8. The molecular weight excluding hydrogens is 684 g/mol. The van der Waals surface area contributed by atoms with Crippen LogP contribution in [0.5, 0.6) is 5.75 Å². The molecule has 1 fully saturated rings. The predicted molar refractivity (Wildman–Crippen MR) is 207 cm³/mol. The van der Waals surface area contributed by atoms with E-state index in [1.54, 1.807) is 18.0 Å². The molecule has 7 atom stereocenters. The van der Waals surface area contributed by atoms with Crippen LogP contribution < -0.4 is 14.4 Å². The third kappa shape index (κ3) is 7.85. The van der Waals surface area contributed by atoms with E-state index in [-0.39, 0.29) is 35.5 Å². The lowest BCUT2D eigenvalue weighted by Crippen LogP contribution is -2.53. The fraction of sp³-hybridized carbons (Fsp3) is 0.575. The number of ether oxygens (including phenoxy) is 1. The maximum atomic E-state index is 13.9. The van der Waals surface area contributed by atoms with Crippen LogP contribution in [0.25, 0.3) is 0 Å². The third-order valence-electron chi connectivity index (χ3n) is 12.1. The number of likely N-dealkylation sites (N-methyl/N-ethyl adjacent to an activating group) is 2. The molecule has 1 saturated carbocycles. The lowest BCUT2D eigenvalue weighted by molar-refractivity contribution is -0.138. The zero-order valence-electron chi connectivity index (χ0n) is 30.8. The van der Waals surface area contributed by atoms with Gasteiger partial charge in [-0.3, -0.25) is 14.3 Å². The molecule has 2 bridgehead atoms. The summed E-state index contributed by atoms with van der Waals surface area (Å²) in [7, 11) is 2.73. The molecule has 1 spiro atoms. The van der Waals surface area contributed by atoms with Crippen LogP contribution in [-0.2, 0) is 26.3 Å². The van der Waals surface area contributed by atoms with Gasteiger partial charge in [0.25, 0.3) is 5.91 Å². The summed E-state index contributed by atoms with van der Waals surface area (Å²) in [5.74, 6) is 3.99. The number of aliphatic hydroxyl groups is 1. The summed E-state index contributed by atoms with van der Waals surface area (Å²) in [5, 5.41) is 12.8. The van der Waals surface area contributed by atoms with Crippen molar-refractivity contribution in [2.24, 2.45) is 17.8 Å². The highest BCUT2D eigenvalue weighted by Gasteiger charge is 2.49. The summed E-state index contributed by atoms with van der Waals surface area (Å²) < 4.78 is 23.3. The largest absolute Gasteiger partial charge is 0.490 e. The monoisotopic (exact) mass is 738 g/mol. The van der Waals surface area contributed by atoms with Crippen LogP contribution in [0.2, 0.25) is 5.02 Å². The Morgan fingerprint density at radius 3 is 2.67 bits per heavy atom. The molecule has 4 aliphatic rings. The predicted octanol–water partition coefficient (Wildman–Crippen LogP) is 5.33. The maximum absolute atomic E-state index is 13.9. The topological polar surface area (TPSA) is 102 Å². The average Bonchev–Trinajstić information content (AvgIpc) is 3.21. The maximum Gasteiger partial charge on any atom is 0.262 e. The summed E-state index contributed by atoms with van der Waals surface area (Å²) in [4.78, 5) is 33.5. The number of hydrogen-bond acceptors (Lipinski definition) is 7. The lowest BCUT2D eigenvalue weighted by atomic mass is 9.63. The second kappa shape index (κ2) is 14.8. The Bertz CT molecular complexity index is 1780. The molecule has 2 amide bonds. The van der Waals surface area contributed by atoms with Gasteiger partial charge in [0.05, 0.1) is 34.0 Å². The van der Waals surface area contributed by atoms with Gasteiger partial charge in [0, 0.05) is 54.5 Å². The van der Waals surface area contributed by atoms with E-state index in [0.717, 1.165) is 49.4 Å². The Morgan fingerprint density at radius 2 is 1.94 bits per heavy atom. The number of rotatable bonds is 5. The number of hydrogen-bond donors (Lipinski definition) is 2. The summed E-state index contributed by atoms with van der Waals surface area (Å²) in [6.45, 7) is 6.88. The normalized spacial score (nSPS) is 32.9. The molecule has 0 saturated heterocycles. The van der Waals surface area contributed by atoms with Gasteiger partial charge >= 0.3 is 0 Å². The van der Waals surface area contributed by atoms with Crippen LogP contribution in [0.15, 0.2) is 48.6 Å². The van der Waals surface area contributed by atoms with Crippen molar-refractivity contribution in [3.05, 3.63) is 70.3 Å². The molecule has 6 rings (SSSR count). The van der Waals surface area contributed by atoms with Crippen LogP contribution in [0.1, 0.15) is 73.9 Å². The number of carbonyl (C=O) groups is 2. The minimum atomic E-state index is -3.03. The first-order valence-electron chi connectivity index (χ1n) is 18.4. The highest BCUT2D eigenvalue weighted by Crippen LogP contribution is 2.49. The molecular formula is C40H55ClN4O5S. The fourth-order valence-corrected chi connectivity index (χ4v) is 10.2. The lowest BCUT2D eigenvalue weighted by Gasteiger charge is -2.49. The van der Waals surface area contributed by atoms with Gasteiger partial charge in [0.2, 0.25) is 5.91 Å². The molecule has 11 heteroatoms. The van der Waals surface area contributed by atoms with Gasteiger partial charge in [-0.15, -0.1) is 0 Å². The van der Waals surface area contributed by atoms with Gasteiger partial charge in [-0.05, 0) is 125 Å². The van der Waals surface area contributed by atoms with Gasteiger partial charge < -0.3 is 24.5 Å². The molecule has 0 aromatic heterocycles. The summed E-state index contributed by atoms with van der Waals surface area (Å²) in [6, 6.07) is 11.6. The highest BCUT2D eigenvalue weighted by atomic mass is 35.5. The SMILES string of the molecule is C=S1(=O)NC(=O)c2ccc3c(c2)N(C[C@@H]2CC[C@H]2[C@@](O)(CC(=O)N(C)CCN(C)C)/C=C/C[C@H](C)[C@H]1C)C[C@@]1(CCCc2cc(Cl)ccc21)CO3. The third-order valence-corrected chi connectivity index (χ3v) is 14.6. The molecule has 2 N–H and O–H groups in total. The summed E-state index contributed by atoms with van der Waals surface area (Å²) in [5.41, 5.74) is 2.01. The van der Waals surface area contributed by atoms with Crippen molar-refractivity contribution in [1.82, 2.24) is 14.5 Å². The molecule has 2 aromatic rings. The molecule has 0 radical (unpaired) electrons. The van der Waals surface area contributed by atoms with E-state index in [2.05, 4.69) is 27.6 Å². The number of nitrogens with zero attached hydrogens (tertiary/aromatic N) is 3. The van der Waals surface area contributed by atoms with Crippen LogP contribution in [0, 0.1) is 17.8 Å². The fourth-order valence-electron chi connectivity index (χ4n) is 8.51. The molecule has 2 aliphatic carbocycles. The van der Waals surface area contributed by atoms with E-state index in [1.165, 1.54) is 11.1 Å². The zero-order chi connectivity index (χ0) is 36.7. The molecule has 278 valence electrons. The highest BCUT2D eigenvalue weighted by molar-refractivity contribution is 7.99. The quantitative estimate of drug-likeness (QED) is 0.316. The number of carbonyl (C=O) groups excluding carboxylic acids is 2. The van der Waals surface area contributed by atoms with E-state index in [9.17, 15) is 18.9 Å². The van der Waals surface area contributed by atoms with Gasteiger partial charge in [0.15, 0.2) is 0 Å². The number of allylic oxidation sites excluding steroid dienone is 1. The van der Waals surface area contributed by atoms with Crippen LogP contribution in [-0.4, -0.2) is 102 Å². The van der Waals surface area contributed by atoms with Gasteiger partial charge in [-0.1, -0.05) is 36.7 Å². The van der Waals surface area contributed by atoms with E-state index in [0.29, 0.717) is 44.0 Å².